The summed E-state index contributed by atoms with van der Waals surface area (Å²) in [6.45, 7) is 2.03. The number of halogens is 1. The number of hydrogen-bond donors (Lipinski definition) is 2. The molecule has 0 saturated heterocycles. The third kappa shape index (κ3) is 4.13. The molecule has 1 heterocycles. The van der Waals surface area contributed by atoms with Crippen LogP contribution in [-0.4, -0.2) is 10.5 Å². The highest BCUT2D eigenvalue weighted by atomic mass is 19.1. The van der Waals surface area contributed by atoms with E-state index in [1.807, 2.05) is 0 Å². The molecule has 0 spiro atoms. The van der Waals surface area contributed by atoms with Gasteiger partial charge in [-0.1, -0.05) is 31.9 Å². The summed E-state index contributed by atoms with van der Waals surface area (Å²) < 4.78 is 15.2. The van der Waals surface area contributed by atoms with Gasteiger partial charge in [-0.25, -0.2) is 4.39 Å². The van der Waals surface area contributed by atoms with Crippen molar-refractivity contribution >= 4 is 17.3 Å². The molecule has 0 unspecified atom stereocenters. The zero-order chi connectivity index (χ0) is 17.5. The van der Waals surface area contributed by atoms with E-state index in [9.17, 15) is 14.4 Å². The number of nitrogens with one attached hydrogen (secondary N) is 1. The molecule has 0 aliphatic rings. The number of unbranched alkanes of at least 4 members (excludes halogenated alkanes) is 2. The second-order valence-corrected chi connectivity index (χ2v) is 5.61. The van der Waals surface area contributed by atoms with Gasteiger partial charge in [0.2, 0.25) is 5.91 Å². The first kappa shape index (κ1) is 17.5. The molecule has 0 bridgehead atoms. The number of hydrogen-bond acceptors (Lipinski definition) is 3. The average Bonchev–Trinajstić information content (AvgIpc) is 2.85. The molecule has 126 valence electrons. The lowest BCUT2D eigenvalue weighted by molar-refractivity contribution is -0.116. The van der Waals surface area contributed by atoms with E-state index in [-0.39, 0.29) is 12.2 Å². The van der Waals surface area contributed by atoms with Gasteiger partial charge in [0.1, 0.15) is 24.1 Å². The third-order valence-corrected chi connectivity index (χ3v) is 3.82. The first-order valence-electron chi connectivity index (χ1n) is 7.99. The van der Waals surface area contributed by atoms with Crippen molar-refractivity contribution in [2.24, 2.45) is 0 Å². The average molecular weight is 328 g/mol. The van der Waals surface area contributed by atoms with Crippen LogP contribution in [0.4, 0.5) is 15.8 Å². The summed E-state index contributed by atoms with van der Waals surface area (Å²) in [5, 5.41) is 11.8. The Morgan fingerprint density at radius 2 is 2.12 bits per heavy atom. The van der Waals surface area contributed by atoms with Crippen molar-refractivity contribution in [3.8, 4) is 6.07 Å². The number of carbonyl (C=O) groups is 1. The lowest BCUT2D eigenvalue weighted by atomic mass is 10.1. The van der Waals surface area contributed by atoms with E-state index < -0.39 is 11.7 Å². The van der Waals surface area contributed by atoms with Crippen molar-refractivity contribution in [1.82, 2.24) is 4.57 Å². The second-order valence-electron chi connectivity index (χ2n) is 5.61. The van der Waals surface area contributed by atoms with Crippen molar-refractivity contribution in [3.63, 3.8) is 0 Å². The van der Waals surface area contributed by atoms with Gasteiger partial charge in [0, 0.05) is 5.69 Å². The van der Waals surface area contributed by atoms with Crippen molar-refractivity contribution in [2.45, 2.75) is 39.2 Å². The number of nitriles is 1. The summed E-state index contributed by atoms with van der Waals surface area (Å²) in [7, 11) is 0. The van der Waals surface area contributed by atoms with Gasteiger partial charge >= 0.3 is 0 Å². The standard InChI is InChI=1S/C18H21FN4O/c1-2-3-4-9-17-15(21)10-13(11-20)23(17)12-18(24)22-16-8-6-5-7-14(16)19/h5-8,10H,2-4,9,12,21H2,1H3,(H,22,24). The van der Waals surface area contributed by atoms with Crippen LogP contribution in [0.2, 0.25) is 0 Å². The van der Waals surface area contributed by atoms with Gasteiger partial charge in [0.05, 0.1) is 11.4 Å². The molecule has 1 aromatic heterocycles. The number of aromatic nitrogens is 1. The normalized spacial score (nSPS) is 10.4. The topological polar surface area (TPSA) is 83.8 Å². The SMILES string of the molecule is CCCCCc1c(N)cc(C#N)n1CC(=O)Nc1ccccc1F. The molecular weight excluding hydrogens is 307 g/mol. The van der Waals surface area contributed by atoms with Gasteiger partial charge in [-0.05, 0) is 31.0 Å². The van der Waals surface area contributed by atoms with E-state index in [1.54, 1.807) is 22.8 Å². The predicted molar refractivity (Wildman–Crippen MR) is 91.8 cm³/mol. The Balaban J connectivity index is 2.17. The summed E-state index contributed by atoms with van der Waals surface area (Å²) in [5.74, 6) is -0.898. The number of rotatable bonds is 7. The monoisotopic (exact) mass is 328 g/mol. The molecule has 24 heavy (non-hydrogen) atoms. The molecule has 0 atom stereocenters. The Hall–Kier alpha value is -2.81. The molecule has 1 aromatic carbocycles. The summed E-state index contributed by atoms with van der Waals surface area (Å²) in [6, 6.07) is 9.60. The van der Waals surface area contributed by atoms with Crippen LogP contribution in [0.5, 0.6) is 0 Å². The number of nitrogen functional groups attached to an aromatic ring is 1. The summed E-state index contributed by atoms with van der Waals surface area (Å²) in [6.07, 6.45) is 3.76. The van der Waals surface area contributed by atoms with Crippen molar-refractivity contribution in [3.05, 3.63) is 47.5 Å². The fourth-order valence-corrected chi connectivity index (χ4v) is 2.60. The van der Waals surface area contributed by atoms with Crippen LogP contribution in [0.15, 0.2) is 30.3 Å². The predicted octanol–water partition coefficient (Wildman–Crippen LogP) is 3.45. The Labute approximate surface area is 140 Å². The van der Waals surface area contributed by atoms with Crippen LogP contribution in [0.1, 0.15) is 37.6 Å². The van der Waals surface area contributed by atoms with E-state index >= 15 is 0 Å². The van der Waals surface area contributed by atoms with Crippen LogP contribution in [0, 0.1) is 17.1 Å². The summed E-state index contributed by atoms with van der Waals surface area (Å²) in [4.78, 5) is 12.2. The Bertz CT molecular complexity index is 761. The molecule has 6 heteroatoms. The minimum Gasteiger partial charge on any atom is -0.397 e. The minimum absolute atomic E-state index is 0.0735. The molecule has 3 N–H and O–H groups in total. The zero-order valence-corrected chi connectivity index (χ0v) is 13.7. The fraction of sp³-hybridized carbons (Fsp3) is 0.333. The Morgan fingerprint density at radius 3 is 2.79 bits per heavy atom. The molecule has 0 saturated carbocycles. The summed E-state index contributed by atoms with van der Waals surface area (Å²) in [5.41, 5.74) is 7.74. The second kappa shape index (κ2) is 8.16. The number of anilines is 2. The van der Waals surface area contributed by atoms with Crippen molar-refractivity contribution in [2.75, 3.05) is 11.1 Å². The van der Waals surface area contributed by atoms with Crippen LogP contribution in [0.25, 0.3) is 0 Å². The Morgan fingerprint density at radius 1 is 1.38 bits per heavy atom. The first-order valence-corrected chi connectivity index (χ1v) is 7.99. The molecule has 0 aliphatic carbocycles. The maximum absolute atomic E-state index is 13.6. The van der Waals surface area contributed by atoms with Crippen LogP contribution in [0.3, 0.4) is 0 Å². The fourth-order valence-electron chi connectivity index (χ4n) is 2.60. The minimum atomic E-state index is -0.499. The van der Waals surface area contributed by atoms with E-state index in [2.05, 4.69) is 18.3 Å². The molecule has 2 aromatic rings. The number of amides is 1. The highest BCUT2D eigenvalue weighted by molar-refractivity contribution is 5.91. The molecule has 1 amide bonds. The number of para-hydroxylation sites is 1. The van der Waals surface area contributed by atoms with Crippen LogP contribution in [-0.2, 0) is 17.8 Å². The maximum atomic E-state index is 13.6. The third-order valence-electron chi connectivity index (χ3n) is 3.82. The number of nitrogens with zero attached hydrogens (tertiary/aromatic N) is 2. The van der Waals surface area contributed by atoms with Gasteiger partial charge in [-0.2, -0.15) is 5.26 Å². The summed E-state index contributed by atoms with van der Waals surface area (Å²) >= 11 is 0. The van der Waals surface area contributed by atoms with Gasteiger partial charge in [-0.15, -0.1) is 0 Å². The lowest BCUT2D eigenvalue weighted by Crippen LogP contribution is -2.21. The number of nitrogens with two attached hydrogens (primary N) is 1. The molecule has 0 aliphatic heterocycles. The van der Waals surface area contributed by atoms with E-state index in [1.165, 1.54) is 12.1 Å². The van der Waals surface area contributed by atoms with Crippen molar-refractivity contribution < 1.29 is 9.18 Å². The molecular formula is C18H21FN4O. The van der Waals surface area contributed by atoms with Crippen LogP contribution < -0.4 is 11.1 Å². The quantitative estimate of drug-likeness (QED) is 0.764. The van der Waals surface area contributed by atoms with Crippen molar-refractivity contribution in [1.29, 1.82) is 5.26 Å². The van der Waals surface area contributed by atoms with E-state index in [0.29, 0.717) is 17.8 Å². The molecule has 0 radical (unpaired) electrons. The van der Waals surface area contributed by atoms with Gasteiger partial charge in [-0.3, -0.25) is 4.79 Å². The first-order chi connectivity index (χ1) is 11.6. The zero-order valence-electron chi connectivity index (χ0n) is 13.7. The Kier molecular flexibility index (Phi) is 5.96. The lowest BCUT2D eigenvalue weighted by Gasteiger charge is -2.12. The maximum Gasteiger partial charge on any atom is 0.244 e. The van der Waals surface area contributed by atoms with E-state index in [4.69, 9.17) is 5.73 Å². The smallest absolute Gasteiger partial charge is 0.244 e. The van der Waals surface area contributed by atoms with E-state index in [0.717, 1.165) is 25.0 Å². The van der Waals surface area contributed by atoms with Gasteiger partial charge in [0.25, 0.3) is 0 Å². The van der Waals surface area contributed by atoms with Gasteiger partial charge in [0.15, 0.2) is 0 Å². The number of carbonyl (C=O) groups excluding carboxylic acids is 1. The highest BCUT2D eigenvalue weighted by Gasteiger charge is 2.16. The van der Waals surface area contributed by atoms with Gasteiger partial charge < -0.3 is 15.6 Å². The number of benzene rings is 1. The molecule has 0 fully saturated rings. The largest absolute Gasteiger partial charge is 0.397 e. The highest BCUT2D eigenvalue weighted by Crippen LogP contribution is 2.21. The van der Waals surface area contributed by atoms with Crippen LogP contribution >= 0.6 is 0 Å². The molecule has 2 rings (SSSR count). The molecule has 5 nitrogen and oxygen atoms in total.